The van der Waals surface area contributed by atoms with Crippen LogP contribution in [-0.2, 0) is 25.6 Å². The first-order valence-electron chi connectivity index (χ1n) is 6.26. The monoisotopic (exact) mass is 278 g/mol. The minimum atomic E-state index is -1.10. The molecule has 3 rings (SSSR count). The molecule has 7 heteroatoms. The molecule has 2 N–H and O–H groups in total. The number of ether oxygens (including phenoxy) is 2. The van der Waals surface area contributed by atoms with E-state index >= 15 is 0 Å². The Morgan fingerprint density at radius 1 is 1.35 bits per heavy atom. The predicted octanol–water partition coefficient (Wildman–Crippen LogP) is -0.356. The highest BCUT2D eigenvalue weighted by molar-refractivity contribution is 5.91. The van der Waals surface area contributed by atoms with Crippen molar-refractivity contribution in [1.29, 1.82) is 0 Å². The van der Waals surface area contributed by atoms with Crippen LogP contribution in [-0.4, -0.2) is 47.0 Å². The van der Waals surface area contributed by atoms with Crippen LogP contribution in [0.5, 0.6) is 0 Å². The second-order valence-electron chi connectivity index (χ2n) is 4.72. The number of amides is 2. The van der Waals surface area contributed by atoms with E-state index in [0.29, 0.717) is 6.54 Å². The van der Waals surface area contributed by atoms with E-state index in [1.807, 2.05) is 30.3 Å². The Kier molecular flexibility index (Phi) is 3.39. The maximum atomic E-state index is 12.3. The average Bonchev–Trinajstić information content (AvgIpc) is 2.84. The van der Waals surface area contributed by atoms with Gasteiger partial charge in [0.05, 0.1) is 6.54 Å². The number of carbonyl (C=O) groups excluding carboxylic acids is 2. The van der Waals surface area contributed by atoms with Crippen molar-refractivity contribution in [2.75, 3.05) is 6.54 Å². The van der Waals surface area contributed by atoms with Gasteiger partial charge in [-0.15, -0.1) is 0 Å². The third-order valence-corrected chi connectivity index (χ3v) is 3.38. The van der Waals surface area contributed by atoms with E-state index < -0.39 is 24.4 Å². The van der Waals surface area contributed by atoms with Crippen LogP contribution in [0.4, 0.5) is 0 Å². The molecule has 2 aliphatic heterocycles. The van der Waals surface area contributed by atoms with Gasteiger partial charge in [0.15, 0.2) is 18.5 Å². The normalized spacial score (nSPS) is 28.6. The second kappa shape index (κ2) is 5.20. The van der Waals surface area contributed by atoms with E-state index in [1.165, 1.54) is 5.48 Å². The van der Waals surface area contributed by atoms with Crippen LogP contribution in [0.25, 0.3) is 0 Å². The van der Waals surface area contributed by atoms with Crippen molar-refractivity contribution in [2.45, 2.75) is 25.0 Å². The Morgan fingerprint density at radius 3 is 2.80 bits per heavy atom. The first-order valence-corrected chi connectivity index (χ1v) is 6.26. The average molecular weight is 278 g/mol. The van der Waals surface area contributed by atoms with E-state index in [4.69, 9.17) is 14.7 Å². The molecule has 0 spiro atoms. The molecule has 0 radical (unpaired) electrons. The molecule has 0 aromatic heterocycles. The molecule has 1 aromatic carbocycles. The Morgan fingerprint density at radius 2 is 2.10 bits per heavy atom. The second-order valence-corrected chi connectivity index (χ2v) is 4.72. The van der Waals surface area contributed by atoms with Crippen molar-refractivity contribution in [2.24, 2.45) is 0 Å². The van der Waals surface area contributed by atoms with Crippen molar-refractivity contribution < 1.29 is 24.3 Å². The standard InChI is InChI=1S/C13H14N2O5/c16-12(14-18)10-11-13(17)15(7-9(19-10)20-11)6-8-4-2-1-3-5-8/h1-5,9-11,18H,6-7H2,(H,14,16)/t9-,10-,11-/m1/s1. The van der Waals surface area contributed by atoms with Gasteiger partial charge in [-0.3, -0.25) is 14.8 Å². The summed E-state index contributed by atoms with van der Waals surface area (Å²) in [5, 5.41) is 8.64. The molecule has 3 atom stereocenters. The summed E-state index contributed by atoms with van der Waals surface area (Å²) < 4.78 is 10.6. The van der Waals surface area contributed by atoms with Crippen LogP contribution in [0.2, 0.25) is 0 Å². The van der Waals surface area contributed by atoms with E-state index in [0.717, 1.165) is 5.56 Å². The number of hydrogen-bond donors (Lipinski definition) is 2. The van der Waals surface area contributed by atoms with Gasteiger partial charge < -0.3 is 14.4 Å². The number of morpholine rings is 1. The lowest BCUT2D eigenvalue weighted by molar-refractivity contribution is -0.162. The fourth-order valence-corrected chi connectivity index (χ4v) is 2.43. The summed E-state index contributed by atoms with van der Waals surface area (Å²) in [6.45, 7) is 0.701. The number of hydrogen-bond acceptors (Lipinski definition) is 5. The number of hydroxylamine groups is 1. The van der Waals surface area contributed by atoms with Gasteiger partial charge in [-0.05, 0) is 5.56 Å². The molecule has 0 aliphatic carbocycles. The van der Waals surface area contributed by atoms with Gasteiger partial charge in [-0.25, -0.2) is 5.48 Å². The van der Waals surface area contributed by atoms with E-state index in [2.05, 4.69) is 0 Å². The number of benzene rings is 1. The number of rotatable bonds is 3. The molecule has 106 valence electrons. The Bertz CT molecular complexity index is 521. The minimum Gasteiger partial charge on any atom is -0.334 e. The quantitative estimate of drug-likeness (QED) is 0.582. The van der Waals surface area contributed by atoms with E-state index in [1.54, 1.807) is 4.90 Å². The van der Waals surface area contributed by atoms with Crippen LogP contribution in [0, 0.1) is 0 Å². The third kappa shape index (κ3) is 2.26. The Balaban J connectivity index is 1.74. The largest absolute Gasteiger partial charge is 0.334 e. The first-order chi connectivity index (χ1) is 9.69. The maximum Gasteiger partial charge on any atom is 0.275 e. The molecular weight excluding hydrogens is 264 g/mol. The summed E-state index contributed by atoms with van der Waals surface area (Å²) in [6.07, 6.45) is -2.73. The summed E-state index contributed by atoms with van der Waals surface area (Å²) in [5.41, 5.74) is 2.48. The lowest BCUT2D eigenvalue weighted by atomic mass is 10.1. The van der Waals surface area contributed by atoms with Crippen LogP contribution in [0.3, 0.4) is 0 Å². The Labute approximate surface area is 115 Å². The number of carbonyl (C=O) groups is 2. The van der Waals surface area contributed by atoms with Crippen LogP contribution in [0.15, 0.2) is 30.3 Å². The van der Waals surface area contributed by atoms with Gasteiger partial charge in [0.2, 0.25) is 0 Å². The highest BCUT2D eigenvalue weighted by atomic mass is 16.7. The summed E-state index contributed by atoms with van der Waals surface area (Å²) in [7, 11) is 0. The highest BCUT2D eigenvalue weighted by Gasteiger charge is 2.51. The van der Waals surface area contributed by atoms with Crippen molar-refractivity contribution in [3.63, 3.8) is 0 Å². The van der Waals surface area contributed by atoms with Crippen molar-refractivity contribution in [1.82, 2.24) is 10.4 Å². The molecule has 2 aliphatic rings. The van der Waals surface area contributed by atoms with Crippen molar-refractivity contribution in [3.8, 4) is 0 Å². The summed E-state index contributed by atoms with van der Waals surface area (Å²) in [4.78, 5) is 25.3. The van der Waals surface area contributed by atoms with Gasteiger partial charge in [0.1, 0.15) is 0 Å². The zero-order chi connectivity index (χ0) is 14.1. The predicted molar refractivity (Wildman–Crippen MR) is 65.3 cm³/mol. The lowest BCUT2D eigenvalue weighted by Gasteiger charge is -2.30. The molecule has 0 saturated carbocycles. The van der Waals surface area contributed by atoms with Crippen molar-refractivity contribution >= 4 is 11.8 Å². The van der Waals surface area contributed by atoms with Gasteiger partial charge in [-0.1, -0.05) is 30.3 Å². The molecule has 1 aromatic rings. The fourth-order valence-electron chi connectivity index (χ4n) is 2.43. The molecule has 0 unspecified atom stereocenters. The van der Waals surface area contributed by atoms with E-state index in [-0.39, 0.29) is 12.5 Å². The highest BCUT2D eigenvalue weighted by Crippen LogP contribution is 2.28. The molecule has 2 amide bonds. The van der Waals surface area contributed by atoms with Crippen molar-refractivity contribution in [3.05, 3.63) is 35.9 Å². The van der Waals surface area contributed by atoms with Crippen LogP contribution >= 0.6 is 0 Å². The molecule has 2 bridgehead atoms. The zero-order valence-corrected chi connectivity index (χ0v) is 10.6. The molecule has 2 saturated heterocycles. The molecule has 2 fully saturated rings. The maximum absolute atomic E-state index is 12.3. The summed E-state index contributed by atoms with van der Waals surface area (Å²) >= 11 is 0. The van der Waals surface area contributed by atoms with Crippen LogP contribution < -0.4 is 5.48 Å². The van der Waals surface area contributed by atoms with Gasteiger partial charge in [0.25, 0.3) is 11.8 Å². The summed E-state index contributed by atoms with van der Waals surface area (Å²) in [5.74, 6) is -1.08. The zero-order valence-electron chi connectivity index (χ0n) is 10.6. The number of nitrogens with zero attached hydrogens (tertiary/aromatic N) is 1. The SMILES string of the molecule is O=C(NO)[C@@H]1O[C@H]2CN(Cc3ccccc3)C(=O)[C@@H]1O2. The number of fused-ring (bicyclic) bond motifs is 2. The van der Waals surface area contributed by atoms with Gasteiger partial charge in [-0.2, -0.15) is 0 Å². The van der Waals surface area contributed by atoms with Gasteiger partial charge in [0, 0.05) is 6.54 Å². The minimum absolute atomic E-state index is 0.263. The fraction of sp³-hybridized carbons (Fsp3) is 0.385. The van der Waals surface area contributed by atoms with Gasteiger partial charge >= 0.3 is 0 Å². The smallest absolute Gasteiger partial charge is 0.275 e. The molecular formula is C13H14N2O5. The van der Waals surface area contributed by atoms with E-state index in [9.17, 15) is 9.59 Å². The molecule has 2 heterocycles. The first kappa shape index (κ1) is 13.0. The number of nitrogens with one attached hydrogen (secondary N) is 1. The molecule has 7 nitrogen and oxygen atoms in total. The Hall–Kier alpha value is -1.96. The lowest BCUT2D eigenvalue weighted by Crippen LogP contribution is -2.51. The summed E-state index contributed by atoms with van der Waals surface area (Å²) in [6, 6.07) is 9.53. The third-order valence-electron chi connectivity index (χ3n) is 3.38. The molecule has 20 heavy (non-hydrogen) atoms. The van der Waals surface area contributed by atoms with Crippen LogP contribution in [0.1, 0.15) is 5.56 Å². The topological polar surface area (TPSA) is 88.1 Å².